The summed E-state index contributed by atoms with van der Waals surface area (Å²) in [4.78, 5) is 31.7. The monoisotopic (exact) mass is 565 g/mol. The van der Waals surface area contributed by atoms with Gasteiger partial charge in [-0.2, -0.15) is 0 Å². The zero-order chi connectivity index (χ0) is 27.9. The topological polar surface area (TPSA) is 80.3 Å². The molecule has 1 heterocycles. The van der Waals surface area contributed by atoms with E-state index in [1.54, 1.807) is 13.2 Å². The number of nitrogens with zero attached hydrogens (tertiary/aromatic N) is 1. The van der Waals surface area contributed by atoms with Crippen molar-refractivity contribution < 1.29 is 14.3 Å². The van der Waals surface area contributed by atoms with Crippen molar-refractivity contribution in [3.8, 4) is 17.0 Å². The molecule has 5 rings (SSSR count). The third kappa shape index (κ3) is 6.59. The second-order valence-electron chi connectivity index (χ2n) is 8.96. The van der Waals surface area contributed by atoms with Crippen LogP contribution in [0.15, 0.2) is 113 Å². The zero-order valence-electron chi connectivity index (χ0n) is 22.0. The Morgan fingerprint density at radius 1 is 0.850 bits per heavy atom. The molecule has 200 valence electrons. The first-order valence-electron chi connectivity index (χ1n) is 12.6. The lowest BCUT2D eigenvalue weighted by Crippen LogP contribution is -2.19. The number of ether oxygens (including phenoxy) is 1. The van der Waals surface area contributed by atoms with Crippen molar-refractivity contribution in [3.63, 3.8) is 0 Å². The van der Waals surface area contributed by atoms with Crippen molar-refractivity contribution in [2.24, 2.45) is 0 Å². The Bertz CT molecular complexity index is 1600. The summed E-state index contributed by atoms with van der Waals surface area (Å²) in [5, 5.41) is 7.91. The van der Waals surface area contributed by atoms with Gasteiger partial charge in [0.1, 0.15) is 11.0 Å². The van der Waals surface area contributed by atoms with Crippen LogP contribution in [0, 0.1) is 6.92 Å². The molecule has 1 aromatic heterocycles. The average Bonchev–Trinajstić information content (AvgIpc) is 3.45. The molecule has 0 radical (unpaired) electrons. The van der Waals surface area contributed by atoms with Gasteiger partial charge in [0, 0.05) is 27.1 Å². The Labute approximate surface area is 241 Å². The quantitative estimate of drug-likeness (QED) is 0.178. The number of anilines is 2. The molecule has 40 heavy (non-hydrogen) atoms. The van der Waals surface area contributed by atoms with Crippen LogP contribution in [-0.4, -0.2) is 23.9 Å². The molecule has 0 bridgehead atoms. The third-order valence-electron chi connectivity index (χ3n) is 6.22. The van der Waals surface area contributed by atoms with Gasteiger partial charge >= 0.3 is 0 Å². The second kappa shape index (κ2) is 12.6. The van der Waals surface area contributed by atoms with E-state index in [0.29, 0.717) is 16.4 Å². The molecule has 2 N–H and O–H groups in total. The number of hydrogen-bond donors (Lipinski definition) is 2. The van der Waals surface area contributed by atoms with Gasteiger partial charge in [0.25, 0.3) is 5.91 Å². The van der Waals surface area contributed by atoms with Crippen LogP contribution in [0.1, 0.15) is 26.7 Å². The number of hydrogen-bond acceptors (Lipinski definition) is 6. The van der Waals surface area contributed by atoms with E-state index < -0.39 is 5.25 Å². The van der Waals surface area contributed by atoms with Gasteiger partial charge in [0.2, 0.25) is 5.91 Å². The normalized spacial score (nSPS) is 11.4. The minimum atomic E-state index is -0.498. The number of carbonyl (C=O) groups excluding carboxylic acids is 2. The molecule has 0 aliphatic heterocycles. The van der Waals surface area contributed by atoms with Crippen molar-refractivity contribution in [2.75, 3.05) is 17.7 Å². The molecule has 5 aromatic rings. The minimum absolute atomic E-state index is 0.155. The molecule has 8 heteroatoms. The van der Waals surface area contributed by atoms with Crippen LogP contribution in [-0.2, 0) is 4.79 Å². The number of thiazole rings is 1. The summed E-state index contributed by atoms with van der Waals surface area (Å²) >= 11 is 2.83. The van der Waals surface area contributed by atoms with Crippen LogP contribution in [0.2, 0.25) is 0 Å². The average molecular weight is 566 g/mol. The van der Waals surface area contributed by atoms with E-state index in [1.165, 1.54) is 23.1 Å². The van der Waals surface area contributed by atoms with E-state index in [0.717, 1.165) is 33.0 Å². The fraction of sp³-hybridized carbons (Fsp3) is 0.0938. The number of nitrogens with one attached hydrogen (secondary N) is 2. The maximum absolute atomic E-state index is 13.5. The van der Waals surface area contributed by atoms with E-state index in [-0.39, 0.29) is 11.8 Å². The molecule has 1 unspecified atom stereocenters. The van der Waals surface area contributed by atoms with Gasteiger partial charge in [-0.3, -0.25) is 9.59 Å². The number of carbonyl (C=O) groups is 2. The molecular weight excluding hydrogens is 539 g/mol. The zero-order valence-corrected chi connectivity index (χ0v) is 23.6. The summed E-state index contributed by atoms with van der Waals surface area (Å²) in [7, 11) is 1.63. The largest absolute Gasteiger partial charge is 0.497 e. The fourth-order valence-electron chi connectivity index (χ4n) is 4.08. The molecule has 6 nitrogen and oxygen atoms in total. The Hall–Kier alpha value is -4.40. The van der Waals surface area contributed by atoms with Crippen molar-refractivity contribution in [1.82, 2.24) is 4.98 Å². The number of aryl methyl sites for hydroxylation is 1. The minimum Gasteiger partial charge on any atom is -0.497 e. The van der Waals surface area contributed by atoms with Crippen LogP contribution in [0.3, 0.4) is 0 Å². The summed E-state index contributed by atoms with van der Waals surface area (Å²) in [6.07, 6.45) is 0. The number of amides is 2. The van der Waals surface area contributed by atoms with Crippen molar-refractivity contribution in [2.45, 2.75) is 17.1 Å². The van der Waals surface area contributed by atoms with Crippen molar-refractivity contribution >= 4 is 45.7 Å². The van der Waals surface area contributed by atoms with Crippen molar-refractivity contribution in [3.05, 3.63) is 125 Å². The highest BCUT2D eigenvalue weighted by atomic mass is 32.2. The number of benzene rings is 4. The van der Waals surface area contributed by atoms with Gasteiger partial charge in [-0.05, 0) is 72.6 Å². The summed E-state index contributed by atoms with van der Waals surface area (Å²) in [5.41, 5.74) is 4.86. The fourth-order valence-corrected chi connectivity index (χ4v) is 5.82. The molecule has 0 aliphatic rings. The summed E-state index contributed by atoms with van der Waals surface area (Å²) in [6.45, 7) is 1.91. The van der Waals surface area contributed by atoms with Gasteiger partial charge in [0.05, 0.1) is 12.8 Å². The predicted molar refractivity (Wildman–Crippen MR) is 163 cm³/mol. The summed E-state index contributed by atoms with van der Waals surface area (Å²) < 4.78 is 5.23. The van der Waals surface area contributed by atoms with Gasteiger partial charge in [-0.25, -0.2) is 4.98 Å². The van der Waals surface area contributed by atoms with Crippen LogP contribution in [0.25, 0.3) is 11.3 Å². The van der Waals surface area contributed by atoms with E-state index in [2.05, 4.69) is 15.6 Å². The number of rotatable bonds is 9. The first-order valence-corrected chi connectivity index (χ1v) is 14.4. The Morgan fingerprint density at radius 3 is 2.25 bits per heavy atom. The second-order valence-corrected chi connectivity index (χ2v) is 11.0. The van der Waals surface area contributed by atoms with Crippen LogP contribution < -0.4 is 15.4 Å². The highest BCUT2D eigenvalue weighted by molar-refractivity contribution is 8.00. The van der Waals surface area contributed by atoms with Gasteiger partial charge < -0.3 is 15.4 Å². The smallest absolute Gasteiger partial charge is 0.255 e. The molecule has 1 atom stereocenters. The van der Waals surface area contributed by atoms with Crippen LogP contribution in [0.4, 0.5) is 10.8 Å². The summed E-state index contributed by atoms with van der Waals surface area (Å²) in [5.74, 6) is 0.457. The standard InChI is InChI=1S/C32H27N3O3S2/c1-21-8-6-7-11-27(21)30(36)33-24-14-18-26(19-15-24)40-29(23-9-4-3-5-10-23)31(37)35-32-34-28(20-39-32)22-12-16-25(38-2)17-13-22/h3-20,29H,1-2H3,(H,33,36)(H,34,35,37). The van der Waals surface area contributed by atoms with E-state index in [9.17, 15) is 9.59 Å². The maximum atomic E-state index is 13.5. The first kappa shape index (κ1) is 27.2. The molecule has 0 aliphatic carbocycles. The Balaban J connectivity index is 1.29. The first-order chi connectivity index (χ1) is 19.5. The highest BCUT2D eigenvalue weighted by Gasteiger charge is 2.23. The molecule has 4 aromatic carbocycles. The molecule has 0 saturated carbocycles. The SMILES string of the molecule is COc1ccc(-c2csc(NC(=O)C(Sc3ccc(NC(=O)c4ccccc4C)cc3)c3ccccc3)n2)cc1. The van der Waals surface area contributed by atoms with E-state index in [1.807, 2.05) is 109 Å². The Morgan fingerprint density at radius 2 is 1.55 bits per heavy atom. The number of thioether (sulfide) groups is 1. The molecule has 0 saturated heterocycles. The van der Waals surface area contributed by atoms with Gasteiger partial charge in [-0.1, -0.05) is 48.5 Å². The lowest BCUT2D eigenvalue weighted by molar-refractivity contribution is -0.115. The molecular formula is C32H27N3O3S2. The van der Waals surface area contributed by atoms with E-state index >= 15 is 0 Å². The van der Waals surface area contributed by atoms with Crippen LogP contribution in [0.5, 0.6) is 5.75 Å². The van der Waals surface area contributed by atoms with Gasteiger partial charge in [-0.15, -0.1) is 23.1 Å². The lowest BCUT2D eigenvalue weighted by atomic mass is 10.1. The highest BCUT2D eigenvalue weighted by Crippen LogP contribution is 2.37. The maximum Gasteiger partial charge on any atom is 0.255 e. The molecule has 0 fully saturated rings. The number of aromatic nitrogens is 1. The molecule has 2 amide bonds. The Kier molecular flexibility index (Phi) is 8.59. The lowest BCUT2D eigenvalue weighted by Gasteiger charge is -2.16. The van der Waals surface area contributed by atoms with Crippen molar-refractivity contribution in [1.29, 1.82) is 0 Å². The van der Waals surface area contributed by atoms with Crippen LogP contribution >= 0.6 is 23.1 Å². The number of methoxy groups -OCH3 is 1. The van der Waals surface area contributed by atoms with E-state index in [4.69, 9.17) is 4.74 Å². The summed E-state index contributed by atoms with van der Waals surface area (Å²) in [6, 6.07) is 32.3. The van der Waals surface area contributed by atoms with Gasteiger partial charge in [0.15, 0.2) is 5.13 Å². The molecule has 0 spiro atoms. The predicted octanol–water partition coefficient (Wildman–Crippen LogP) is 7.85. The third-order valence-corrected chi connectivity index (χ3v) is 8.24.